The van der Waals surface area contributed by atoms with Crippen LogP contribution in [-0.4, -0.2) is 24.4 Å². The Labute approximate surface area is 97.7 Å². The molecule has 0 aliphatic carbocycles. The van der Waals surface area contributed by atoms with Crippen LogP contribution < -0.4 is 0 Å². The summed E-state index contributed by atoms with van der Waals surface area (Å²) in [5, 5.41) is 9.45. The first-order chi connectivity index (χ1) is 7.54. The molecule has 2 aromatic rings. The van der Waals surface area contributed by atoms with Crippen LogP contribution in [0.15, 0.2) is 30.6 Å². The standard InChI is InChI=1S/C10H9ClN2O2S/c11-16(14,15)4-3-8-1-2-9-6-12-13-7-10(9)5-8/h1-2,5-7H,3-4H2. The van der Waals surface area contributed by atoms with Gasteiger partial charge in [-0.2, -0.15) is 10.2 Å². The molecule has 0 aliphatic heterocycles. The second-order valence-corrected chi connectivity index (χ2v) is 6.34. The average molecular weight is 257 g/mol. The Morgan fingerprint density at radius 1 is 1.12 bits per heavy atom. The van der Waals surface area contributed by atoms with Gasteiger partial charge in [0.2, 0.25) is 9.05 Å². The topological polar surface area (TPSA) is 59.9 Å². The minimum Gasteiger partial charge on any atom is -0.212 e. The highest BCUT2D eigenvalue weighted by Crippen LogP contribution is 2.14. The third-order valence-corrected chi connectivity index (χ3v) is 3.40. The maximum Gasteiger partial charge on any atom is 0.232 e. The third-order valence-electron chi connectivity index (χ3n) is 2.25. The number of benzene rings is 1. The van der Waals surface area contributed by atoms with E-state index in [1.54, 1.807) is 12.4 Å². The fraction of sp³-hybridized carbons (Fsp3) is 0.200. The van der Waals surface area contributed by atoms with Crippen molar-refractivity contribution in [3.8, 4) is 0 Å². The zero-order valence-corrected chi connectivity index (χ0v) is 9.87. The normalized spacial score (nSPS) is 11.8. The fourth-order valence-corrected chi connectivity index (χ4v) is 2.15. The van der Waals surface area contributed by atoms with Crippen molar-refractivity contribution < 1.29 is 8.42 Å². The number of hydrogen-bond acceptors (Lipinski definition) is 4. The number of aromatic nitrogens is 2. The molecule has 0 fully saturated rings. The van der Waals surface area contributed by atoms with Gasteiger partial charge in [0.25, 0.3) is 0 Å². The molecule has 0 spiro atoms. The quantitative estimate of drug-likeness (QED) is 0.785. The fourth-order valence-electron chi connectivity index (χ4n) is 1.44. The van der Waals surface area contributed by atoms with E-state index in [0.717, 1.165) is 16.3 Å². The van der Waals surface area contributed by atoms with E-state index in [1.807, 2.05) is 18.2 Å². The Hall–Kier alpha value is -1.20. The van der Waals surface area contributed by atoms with E-state index in [4.69, 9.17) is 10.7 Å². The van der Waals surface area contributed by atoms with Crippen molar-refractivity contribution in [1.82, 2.24) is 10.2 Å². The second-order valence-electron chi connectivity index (χ2n) is 3.45. The van der Waals surface area contributed by atoms with Gasteiger partial charge in [-0.25, -0.2) is 8.42 Å². The van der Waals surface area contributed by atoms with Crippen LogP contribution in [0.2, 0.25) is 0 Å². The smallest absolute Gasteiger partial charge is 0.212 e. The Balaban J connectivity index is 2.26. The van der Waals surface area contributed by atoms with Crippen molar-refractivity contribution >= 4 is 30.5 Å². The van der Waals surface area contributed by atoms with Crippen LogP contribution >= 0.6 is 10.7 Å². The molecule has 0 radical (unpaired) electrons. The van der Waals surface area contributed by atoms with Crippen LogP contribution in [0.25, 0.3) is 10.8 Å². The van der Waals surface area contributed by atoms with E-state index in [1.165, 1.54) is 0 Å². The van der Waals surface area contributed by atoms with Gasteiger partial charge in [0.05, 0.1) is 18.1 Å². The summed E-state index contributed by atoms with van der Waals surface area (Å²) >= 11 is 0. The molecule has 0 saturated carbocycles. The van der Waals surface area contributed by atoms with Gasteiger partial charge in [-0.05, 0) is 18.1 Å². The largest absolute Gasteiger partial charge is 0.232 e. The van der Waals surface area contributed by atoms with E-state index < -0.39 is 9.05 Å². The lowest BCUT2D eigenvalue weighted by Gasteiger charge is -2.01. The maximum absolute atomic E-state index is 10.8. The predicted molar refractivity (Wildman–Crippen MR) is 62.9 cm³/mol. The number of nitrogens with zero attached hydrogens (tertiary/aromatic N) is 2. The van der Waals surface area contributed by atoms with Crippen LogP contribution in [0.4, 0.5) is 0 Å². The van der Waals surface area contributed by atoms with E-state index in [9.17, 15) is 8.42 Å². The summed E-state index contributed by atoms with van der Waals surface area (Å²) < 4.78 is 21.6. The van der Waals surface area contributed by atoms with Crippen molar-refractivity contribution in [2.24, 2.45) is 0 Å². The molecule has 4 nitrogen and oxygen atoms in total. The van der Waals surface area contributed by atoms with Crippen molar-refractivity contribution in [2.75, 3.05) is 5.75 Å². The SMILES string of the molecule is O=S(=O)(Cl)CCc1ccc2cnncc2c1. The lowest BCUT2D eigenvalue weighted by Crippen LogP contribution is -2.00. The first-order valence-corrected chi connectivity index (χ1v) is 7.14. The molecular formula is C10H9ClN2O2S. The predicted octanol–water partition coefficient (Wildman–Crippen LogP) is 1.74. The highest BCUT2D eigenvalue weighted by atomic mass is 35.7. The van der Waals surface area contributed by atoms with Crippen molar-refractivity contribution in [2.45, 2.75) is 6.42 Å². The van der Waals surface area contributed by atoms with Crippen molar-refractivity contribution in [3.63, 3.8) is 0 Å². The molecule has 16 heavy (non-hydrogen) atoms. The first-order valence-electron chi connectivity index (χ1n) is 4.66. The lowest BCUT2D eigenvalue weighted by atomic mass is 10.1. The van der Waals surface area contributed by atoms with Gasteiger partial charge >= 0.3 is 0 Å². The molecule has 0 bridgehead atoms. The van der Waals surface area contributed by atoms with E-state index in [2.05, 4.69) is 10.2 Å². The van der Waals surface area contributed by atoms with Gasteiger partial charge in [-0.1, -0.05) is 12.1 Å². The average Bonchev–Trinajstić information content (AvgIpc) is 2.25. The Kier molecular flexibility index (Phi) is 3.07. The number of halogens is 1. The molecule has 1 heterocycles. The molecule has 0 saturated heterocycles. The van der Waals surface area contributed by atoms with Crippen LogP contribution in [0.5, 0.6) is 0 Å². The Bertz CT molecular complexity index is 613. The molecule has 6 heteroatoms. The van der Waals surface area contributed by atoms with Gasteiger partial charge in [-0.3, -0.25) is 0 Å². The molecule has 0 aliphatic rings. The van der Waals surface area contributed by atoms with E-state index in [-0.39, 0.29) is 5.75 Å². The van der Waals surface area contributed by atoms with Gasteiger partial charge in [0, 0.05) is 21.5 Å². The summed E-state index contributed by atoms with van der Waals surface area (Å²) in [4.78, 5) is 0. The number of aryl methyl sites for hydroxylation is 1. The summed E-state index contributed by atoms with van der Waals surface area (Å²) in [6.45, 7) is 0. The van der Waals surface area contributed by atoms with Gasteiger partial charge < -0.3 is 0 Å². The summed E-state index contributed by atoms with van der Waals surface area (Å²) in [7, 11) is 1.72. The zero-order chi connectivity index (χ0) is 11.6. The summed E-state index contributed by atoms with van der Waals surface area (Å²) in [5.74, 6) is -0.0570. The maximum atomic E-state index is 10.8. The summed E-state index contributed by atoms with van der Waals surface area (Å²) in [6, 6.07) is 5.65. The van der Waals surface area contributed by atoms with Crippen LogP contribution in [0, 0.1) is 0 Å². The van der Waals surface area contributed by atoms with Gasteiger partial charge in [-0.15, -0.1) is 0 Å². The molecule has 0 unspecified atom stereocenters. The van der Waals surface area contributed by atoms with Gasteiger partial charge in [0.15, 0.2) is 0 Å². The molecule has 2 rings (SSSR count). The minimum atomic E-state index is -3.43. The highest BCUT2D eigenvalue weighted by molar-refractivity contribution is 8.13. The molecular weight excluding hydrogens is 248 g/mol. The minimum absolute atomic E-state index is 0.0570. The Morgan fingerprint density at radius 2 is 1.81 bits per heavy atom. The highest BCUT2D eigenvalue weighted by Gasteiger charge is 2.06. The van der Waals surface area contributed by atoms with E-state index in [0.29, 0.717) is 6.42 Å². The molecule has 0 atom stereocenters. The Morgan fingerprint density at radius 3 is 2.50 bits per heavy atom. The molecule has 0 N–H and O–H groups in total. The zero-order valence-electron chi connectivity index (χ0n) is 8.30. The lowest BCUT2D eigenvalue weighted by molar-refractivity contribution is 0.609. The van der Waals surface area contributed by atoms with Crippen LogP contribution in [-0.2, 0) is 15.5 Å². The van der Waals surface area contributed by atoms with Gasteiger partial charge in [0.1, 0.15) is 0 Å². The number of fused-ring (bicyclic) bond motifs is 1. The van der Waals surface area contributed by atoms with Crippen LogP contribution in [0.1, 0.15) is 5.56 Å². The molecule has 0 amide bonds. The van der Waals surface area contributed by atoms with Crippen molar-refractivity contribution in [1.29, 1.82) is 0 Å². The number of rotatable bonds is 3. The molecule has 1 aromatic heterocycles. The monoisotopic (exact) mass is 256 g/mol. The van der Waals surface area contributed by atoms with E-state index >= 15 is 0 Å². The molecule has 84 valence electrons. The second kappa shape index (κ2) is 4.35. The third kappa shape index (κ3) is 2.90. The number of hydrogen-bond donors (Lipinski definition) is 0. The van der Waals surface area contributed by atoms with Crippen molar-refractivity contribution in [3.05, 3.63) is 36.2 Å². The first kappa shape index (κ1) is 11.3. The molecule has 1 aromatic carbocycles. The summed E-state index contributed by atoms with van der Waals surface area (Å²) in [6.07, 6.45) is 3.72. The summed E-state index contributed by atoms with van der Waals surface area (Å²) in [5.41, 5.74) is 0.921. The van der Waals surface area contributed by atoms with Crippen LogP contribution in [0.3, 0.4) is 0 Å².